The fraction of sp³-hybridized carbons (Fsp3) is 0.538. The van der Waals surface area contributed by atoms with E-state index in [1.807, 2.05) is 24.3 Å². The van der Waals surface area contributed by atoms with Crippen LogP contribution in [0.3, 0.4) is 0 Å². The van der Waals surface area contributed by atoms with E-state index in [0.717, 1.165) is 11.4 Å². The summed E-state index contributed by atoms with van der Waals surface area (Å²) in [5.74, 6) is 0. The number of rotatable bonds is 8. The Morgan fingerprint density at radius 1 is 0.562 bits per heavy atom. The molecule has 2 aromatic rings. The summed E-state index contributed by atoms with van der Waals surface area (Å²) in [6.07, 6.45) is 0. The van der Waals surface area contributed by atoms with Crippen LogP contribution < -0.4 is 0 Å². The van der Waals surface area contributed by atoms with Gasteiger partial charge in [0.2, 0.25) is 0 Å². The first-order valence-electron chi connectivity index (χ1n) is 11.5. The quantitative estimate of drug-likeness (QED) is 0.285. The minimum Gasteiger partial charge on any atom is -0.413 e. The van der Waals surface area contributed by atoms with Gasteiger partial charge in [0, 0.05) is 0 Å². The summed E-state index contributed by atoms with van der Waals surface area (Å²) >= 11 is 0. The standard InChI is InChI=1S/C26H42N2O2Si2/c1-25(2,3)31(7,8)29-19-21-11-15-23(16-12-21)27-28-24-17-13-22(14-18-24)20-30-32(9,10)26(4,5)6/h11-18H,19-20H2,1-10H3. The lowest BCUT2D eigenvalue weighted by molar-refractivity contribution is 0.276. The fourth-order valence-electron chi connectivity index (χ4n) is 2.39. The van der Waals surface area contributed by atoms with E-state index >= 15 is 0 Å². The highest BCUT2D eigenvalue weighted by Gasteiger charge is 2.37. The molecule has 0 spiro atoms. The number of hydrogen-bond acceptors (Lipinski definition) is 4. The van der Waals surface area contributed by atoms with Crippen LogP contribution in [0.2, 0.25) is 36.3 Å². The first kappa shape index (κ1) is 26.6. The Morgan fingerprint density at radius 2 is 0.844 bits per heavy atom. The summed E-state index contributed by atoms with van der Waals surface area (Å²) in [5, 5.41) is 9.19. The molecule has 0 atom stereocenters. The molecule has 0 heterocycles. The SMILES string of the molecule is CC(C)(C)[Si](C)(C)OCc1ccc(N=Nc2ccc(CO[Si](C)(C)C(C)(C)C)cc2)cc1. The summed E-state index contributed by atoms with van der Waals surface area (Å²) in [5.41, 5.74) is 4.01. The van der Waals surface area contributed by atoms with E-state index in [-0.39, 0.29) is 10.1 Å². The molecule has 32 heavy (non-hydrogen) atoms. The third-order valence-corrected chi connectivity index (χ3v) is 15.9. The van der Waals surface area contributed by atoms with Gasteiger partial charge in [0.05, 0.1) is 24.6 Å². The maximum atomic E-state index is 6.30. The first-order valence-corrected chi connectivity index (χ1v) is 17.3. The van der Waals surface area contributed by atoms with Gasteiger partial charge in [-0.15, -0.1) is 0 Å². The zero-order valence-corrected chi connectivity index (χ0v) is 23.7. The monoisotopic (exact) mass is 470 g/mol. The predicted octanol–water partition coefficient (Wildman–Crippen LogP) is 9.15. The Kier molecular flexibility index (Phi) is 8.43. The fourth-order valence-corrected chi connectivity index (χ4v) is 4.31. The third-order valence-electron chi connectivity index (χ3n) is 6.97. The summed E-state index contributed by atoms with van der Waals surface area (Å²) in [7, 11) is -3.48. The van der Waals surface area contributed by atoms with Gasteiger partial charge in [-0.1, -0.05) is 65.8 Å². The second-order valence-corrected chi connectivity index (χ2v) is 21.2. The first-order chi connectivity index (χ1) is 14.6. The van der Waals surface area contributed by atoms with E-state index in [2.05, 4.69) is 102 Å². The molecule has 0 aliphatic heterocycles. The van der Waals surface area contributed by atoms with Gasteiger partial charge in [-0.3, -0.25) is 0 Å². The van der Waals surface area contributed by atoms with Crippen molar-refractivity contribution in [3.63, 3.8) is 0 Å². The summed E-state index contributed by atoms with van der Waals surface area (Å²) < 4.78 is 12.6. The maximum absolute atomic E-state index is 6.30. The molecular formula is C26H42N2O2Si2. The van der Waals surface area contributed by atoms with Crippen molar-refractivity contribution in [3.8, 4) is 0 Å². The number of hydrogen-bond donors (Lipinski definition) is 0. The minimum atomic E-state index is -1.74. The molecule has 0 aliphatic carbocycles. The molecule has 0 radical (unpaired) electrons. The van der Waals surface area contributed by atoms with E-state index in [1.165, 1.54) is 11.1 Å². The molecule has 0 bridgehead atoms. The number of nitrogens with zero attached hydrogens (tertiary/aromatic N) is 2. The molecule has 0 aromatic heterocycles. The number of benzene rings is 2. The molecule has 0 aliphatic rings. The lowest BCUT2D eigenvalue weighted by Crippen LogP contribution is -2.40. The van der Waals surface area contributed by atoms with Crippen molar-refractivity contribution in [1.29, 1.82) is 0 Å². The molecule has 0 unspecified atom stereocenters. The van der Waals surface area contributed by atoms with Gasteiger partial charge in [0.25, 0.3) is 0 Å². The van der Waals surface area contributed by atoms with Gasteiger partial charge in [0.15, 0.2) is 16.6 Å². The van der Waals surface area contributed by atoms with Crippen molar-refractivity contribution in [2.75, 3.05) is 0 Å². The van der Waals surface area contributed by atoms with E-state index in [0.29, 0.717) is 13.2 Å². The average molecular weight is 471 g/mol. The zero-order valence-electron chi connectivity index (χ0n) is 21.7. The van der Waals surface area contributed by atoms with Crippen LogP contribution in [-0.4, -0.2) is 16.6 Å². The molecule has 0 N–H and O–H groups in total. The van der Waals surface area contributed by atoms with Crippen LogP contribution in [0.25, 0.3) is 0 Å². The Hall–Kier alpha value is -1.61. The van der Waals surface area contributed by atoms with Crippen LogP contribution >= 0.6 is 0 Å². The van der Waals surface area contributed by atoms with Crippen LogP contribution in [0.5, 0.6) is 0 Å². The Morgan fingerprint density at radius 3 is 1.09 bits per heavy atom. The third kappa shape index (κ3) is 7.47. The van der Waals surface area contributed by atoms with E-state index in [4.69, 9.17) is 8.85 Å². The average Bonchev–Trinajstić information content (AvgIpc) is 2.69. The minimum absolute atomic E-state index is 0.216. The van der Waals surface area contributed by atoms with E-state index in [1.54, 1.807) is 0 Å². The highest BCUT2D eigenvalue weighted by atomic mass is 28.4. The maximum Gasteiger partial charge on any atom is 0.192 e. The highest BCUT2D eigenvalue weighted by molar-refractivity contribution is 6.74. The van der Waals surface area contributed by atoms with Crippen LogP contribution in [0.15, 0.2) is 58.8 Å². The summed E-state index contributed by atoms with van der Waals surface area (Å²) in [4.78, 5) is 0. The van der Waals surface area contributed by atoms with Gasteiger partial charge in [-0.05, 0) is 71.7 Å². The van der Waals surface area contributed by atoms with Crippen LogP contribution in [0, 0.1) is 0 Å². The Balaban J connectivity index is 1.92. The Bertz CT molecular complexity index is 816. The molecular weight excluding hydrogens is 428 g/mol. The second-order valence-electron chi connectivity index (χ2n) is 11.6. The molecule has 6 heteroatoms. The topological polar surface area (TPSA) is 43.2 Å². The summed E-state index contributed by atoms with van der Waals surface area (Å²) in [6.45, 7) is 24.0. The predicted molar refractivity (Wildman–Crippen MR) is 141 cm³/mol. The molecule has 0 fully saturated rings. The van der Waals surface area contributed by atoms with Gasteiger partial charge in [-0.2, -0.15) is 10.2 Å². The molecule has 0 saturated heterocycles. The normalized spacial score (nSPS) is 13.7. The molecule has 0 amide bonds. The van der Waals surface area contributed by atoms with Crippen molar-refractivity contribution >= 4 is 28.0 Å². The van der Waals surface area contributed by atoms with E-state index in [9.17, 15) is 0 Å². The van der Waals surface area contributed by atoms with Crippen molar-refractivity contribution in [3.05, 3.63) is 59.7 Å². The van der Waals surface area contributed by atoms with Crippen LogP contribution in [0.4, 0.5) is 11.4 Å². The van der Waals surface area contributed by atoms with Crippen molar-refractivity contribution in [2.45, 2.75) is 91.0 Å². The van der Waals surface area contributed by atoms with Crippen molar-refractivity contribution < 1.29 is 8.85 Å². The lowest BCUT2D eigenvalue weighted by atomic mass is 10.2. The smallest absolute Gasteiger partial charge is 0.192 e. The van der Waals surface area contributed by atoms with Gasteiger partial charge in [0.1, 0.15) is 0 Å². The molecule has 0 saturated carbocycles. The van der Waals surface area contributed by atoms with Gasteiger partial charge >= 0.3 is 0 Å². The van der Waals surface area contributed by atoms with Crippen molar-refractivity contribution in [1.82, 2.24) is 0 Å². The van der Waals surface area contributed by atoms with Crippen LogP contribution in [0.1, 0.15) is 52.7 Å². The van der Waals surface area contributed by atoms with Gasteiger partial charge in [-0.25, -0.2) is 0 Å². The van der Waals surface area contributed by atoms with Crippen LogP contribution in [-0.2, 0) is 22.1 Å². The number of azo groups is 1. The zero-order chi connectivity index (χ0) is 24.2. The molecule has 2 rings (SSSR count). The van der Waals surface area contributed by atoms with E-state index < -0.39 is 16.6 Å². The summed E-state index contributed by atoms with van der Waals surface area (Å²) in [6, 6.07) is 16.3. The Labute approximate surface area is 197 Å². The molecule has 4 nitrogen and oxygen atoms in total. The van der Waals surface area contributed by atoms with Crippen molar-refractivity contribution in [2.24, 2.45) is 10.2 Å². The second kappa shape index (κ2) is 10.1. The molecule has 2 aromatic carbocycles. The lowest BCUT2D eigenvalue weighted by Gasteiger charge is -2.36. The largest absolute Gasteiger partial charge is 0.413 e. The molecule has 176 valence electrons. The highest BCUT2D eigenvalue weighted by Crippen LogP contribution is 2.38. The van der Waals surface area contributed by atoms with Gasteiger partial charge < -0.3 is 8.85 Å².